The van der Waals surface area contributed by atoms with Gasteiger partial charge >= 0.3 is 0 Å². The van der Waals surface area contributed by atoms with E-state index in [-0.39, 0.29) is 0 Å². The first-order chi connectivity index (χ1) is 7.45. The van der Waals surface area contributed by atoms with Gasteiger partial charge in [0, 0.05) is 0 Å². The summed E-state index contributed by atoms with van der Waals surface area (Å²) in [5.74, 6) is 0. The third kappa shape index (κ3) is 2.95. The lowest BCUT2D eigenvalue weighted by molar-refractivity contribution is 1.35. The Morgan fingerprint density at radius 1 is 0.933 bits per heavy atom. The minimum Gasteiger partial charge on any atom is -0.279 e. The number of para-hydroxylation sites is 1. The molecule has 74 valence electrons. The van der Waals surface area contributed by atoms with E-state index in [0.29, 0.717) is 0 Å². The van der Waals surface area contributed by atoms with Crippen molar-refractivity contribution in [2.45, 2.75) is 0 Å². The molecule has 0 fully saturated rings. The fraction of sp³-hybridized carbons (Fsp3) is 0. The minimum atomic E-state index is 0.990. The zero-order chi connectivity index (χ0) is 10.3. The Hall–Kier alpha value is -2.09. The van der Waals surface area contributed by atoms with Crippen molar-refractivity contribution in [1.82, 2.24) is 0 Å². The summed E-state index contributed by atoms with van der Waals surface area (Å²) in [5.41, 5.74) is 5.04. The van der Waals surface area contributed by atoms with Gasteiger partial charge in [0.15, 0.2) is 0 Å². The first-order valence-electron chi connectivity index (χ1n) is 4.84. The summed E-state index contributed by atoms with van der Waals surface area (Å²) < 4.78 is 0. The Morgan fingerprint density at radius 2 is 1.60 bits per heavy atom. The Balaban J connectivity index is 1.97. The highest BCUT2D eigenvalue weighted by molar-refractivity contribution is 5.79. The van der Waals surface area contributed by atoms with Crippen LogP contribution in [0.1, 0.15) is 5.56 Å². The van der Waals surface area contributed by atoms with Gasteiger partial charge in [0.2, 0.25) is 0 Å². The minimum absolute atomic E-state index is 0.990. The van der Waals surface area contributed by atoms with Crippen LogP contribution in [0.4, 0.5) is 5.69 Å². The molecule has 15 heavy (non-hydrogen) atoms. The maximum Gasteiger partial charge on any atom is 0.0561 e. The molecule has 2 aromatic carbocycles. The molecule has 0 amide bonds. The molecule has 0 atom stereocenters. The van der Waals surface area contributed by atoms with Crippen molar-refractivity contribution in [2.24, 2.45) is 5.10 Å². The van der Waals surface area contributed by atoms with E-state index in [1.165, 1.54) is 0 Å². The SMILES string of the molecule is C(=N\N[14c]1ccccc1)/c1ccccc1. The summed E-state index contributed by atoms with van der Waals surface area (Å²) in [7, 11) is 0. The van der Waals surface area contributed by atoms with Crippen molar-refractivity contribution in [3.63, 3.8) is 0 Å². The van der Waals surface area contributed by atoms with Crippen LogP contribution in [0.5, 0.6) is 0 Å². The molecule has 2 aromatic rings. The van der Waals surface area contributed by atoms with Gasteiger partial charge in [0.1, 0.15) is 0 Å². The summed E-state index contributed by atoms with van der Waals surface area (Å²) in [6.45, 7) is 0. The van der Waals surface area contributed by atoms with E-state index in [2.05, 4.69) is 10.5 Å². The average molecular weight is 198 g/mol. The lowest BCUT2D eigenvalue weighted by Crippen LogP contribution is -1.89. The fourth-order valence-electron chi connectivity index (χ4n) is 1.23. The number of anilines is 1. The molecule has 2 nitrogen and oxygen atoms in total. The monoisotopic (exact) mass is 198 g/mol. The van der Waals surface area contributed by atoms with E-state index < -0.39 is 0 Å². The van der Waals surface area contributed by atoms with Crippen LogP contribution in [0, 0.1) is 0 Å². The molecule has 1 N–H and O–H groups in total. The summed E-state index contributed by atoms with van der Waals surface area (Å²) in [5, 5.41) is 4.14. The summed E-state index contributed by atoms with van der Waals surface area (Å²) in [6, 6.07) is 19.9. The highest BCUT2D eigenvalue weighted by Crippen LogP contribution is 2.04. The van der Waals surface area contributed by atoms with Crippen LogP contribution < -0.4 is 5.43 Å². The molecular formula is C13H12N2. The average Bonchev–Trinajstić information content (AvgIpc) is 2.32. The summed E-state index contributed by atoms with van der Waals surface area (Å²) >= 11 is 0. The van der Waals surface area contributed by atoms with Gasteiger partial charge in [-0.25, -0.2) is 0 Å². The first kappa shape index (κ1) is 9.46. The number of nitrogens with one attached hydrogen (secondary N) is 1. The normalized spacial score (nSPS) is 10.4. The van der Waals surface area contributed by atoms with Gasteiger partial charge < -0.3 is 0 Å². The predicted octanol–water partition coefficient (Wildman–Crippen LogP) is 3.13. The second-order valence-electron chi connectivity index (χ2n) is 3.15. The number of hydrogen-bond acceptors (Lipinski definition) is 2. The van der Waals surface area contributed by atoms with Gasteiger partial charge in [-0.3, -0.25) is 5.43 Å². The van der Waals surface area contributed by atoms with Gasteiger partial charge in [0.25, 0.3) is 0 Å². The maximum atomic E-state index is 4.14. The van der Waals surface area contributed by atoms with Crippen molar-refractivity contribution in [3.8, 4) is 0 Å². The van der Waals surface area contributed by atoms with Crippen molar-refractivity contribution >= 4 is 11.9 Å². The van der Waals surface area contributed by atoms with Crippen LogP contribution in [0.2, 0.25) is 0 Å². The van der Waals surface area contributed by atoms with Crippen LogP contribution in [0.3, 0.4) is 0 Å². The van der Waals surface area contributed by atoms with Gasteiger partial charge in [0.05, 0.1) is 11.9 Å². The standard InChI is InChI=1S/C13H12N2/c1-3-7-12(8-4-1)11-14-15-13-9-5-2-6-10-13/h1-11,15H/b14-11+/i13+2. The Labute approximate surface area is 89.3 Å². The highest BCUT2D eigenvalue weighted by atomic mass is 15.6. The largest absolute Gasteiger partial charge is 0.279 e. The smallest absolute Gasteiger partial charge is 0.0561 e. The van der Waals surface area contributed by atoms with Crippen molar-refractivity contribution in [3.05, 3.63) is 66.2 Å². The topological polar surface area (TPSA) is 24.4 Å². The quantitative estimate of drug-likeness (QED) is 0.594. The highest BCUT2D eigenvalue weighted by Gasteiger charge is 1.85. The molecule has 0 aromatic heterocycles. The van der Waals surface area contributed by atoms with E-state index in [9.17, 15) is 0 Å². The molecule has 0 unspecified atom stereocenters. The molecule has 0 aliphatic heterocycles. The van der Waals surface area contributed by atoms with Gasteiger partial charge in [-0.2, -0.15) is 5.10 Å². The van der Waals surface area contributed by atoms with Crippen molar-refractivity contribution < 1.29 is 0 Å². The predicted molar refractivity (Wildman–Crippen MR) is 64.1 cm³/mol. The van der Waals surface area contributed by atoms with E-state index in [1.54, 1.807) is 6.21 Å². The number of hydrogen-bond donors (Lipinski definition) is 1. The molecule has 0 bridgehead atoms. The Morgan fingerprint density at radius 3 is 2.33 bits per heavy atom. The van der Waals surface area contributed by atoms with E-state index >= 15 is 0 Å². The molecule has 0 radical (unpaired) electrons. The molecule has 0 spiro atoms. The van der Waals surface area contributed by atoms with Gasteiger partial charge in [-0.1, -0.05) is 48.5 Å². The lowest BCUT2D eigenvalue weighted by Gasteiger charge is -1.97. The third-order valence-corrected chi connectivity index (χ3v) is 1.98. The fourth-order valence-corrected chi connectivity index (χ4v) is 1.23. The molecule has 0 saturated carbocycles. The maximum absolute atomic E-state index is 4.14. The Kier molecular flexibility index (Phi) is 3.13. The second-order valence-corrected chi connectivity index (χ2v) is 3.15. The molecule has 2 heteroatoms. The number of rotatable bonds is 3. The van der Waals surface area contributed by atoms with Crippen LogP contribution >= 0.6 is 0 Å². The van der Waals surface area contributed by atoms with Gasteiger partial charge in [-0.15, -0.1) is 0 Å². The van der Waals surface area contributed by atoms with Crippen LogP contribution in [-0.2, 0) is 0 Å². The van der Waals surface area contributed by atoms with Crippen LogP contribution in [-0.4, -0.2) is 6.21 Å². The van der Waals surface area contributed by atoms with Crippen molar-refractivity contribution in [1.29, 1.82) is 0 Å². The summed E-state index contributed by atoms with van der Waals surface area (Å²) in [4.78, 5) is 0. The van der Waals surface area contributed by atoms with E-state index in [0.717, 1.165) is 11.3 Å². The summed E-state index contributed by atoms with van der Waals surface area (Å²) in [6.07, 6.45) is 1.80. The number of benzene rings is 2. The number of nitrogens with zero attached hydrogens (tertiary/aromatic N) is 1. The molecule has 0 aliphatic carbocycles. The zero-order valence-corrected chi connectivity index (χ0v) is 8.30. The van der Waals surface area contributed by atoms with Gasteiger partial charge in [-0.05, 0) is 17.7 Å². The van der Waals surface area contributed by atoms with E-state index in [4.69, 9.17) is 0 Å². The van der Waals surface area contributed by atoms with Crippen LogP contribution in [0.15, 0.2) is 65.8 Å². The molecule has 0 heterocycles. The molecule has 0 saturated heterocycles. The van der Waals surface area contributed by atoms with E-state index in [1.807, 2.05) is 60.7 Å². The first-order valence-corrected chi connectivity index (χ1v) is 4.84. The number of hydrazone groups is 1. The zero-order valence-electron chi connectivity index (χ0n) is 8.30. The molecule has 2 rings (SSSR count). The Bertz CT molecular complexity index is 421. The van der Waals surface area contributed by atoms with Crippen LogP contribution in [0.25, 0.3) is 0 Å². The molecular weight excluding hydrogens is 186 g/mol. The second kappa shape index (κ2) is 4.96. The molecule has 0 aliphatic rings. The lowest BCUT2D eigenvalue weighted by atomic mass is 10.2. The van der Waals surface area contributed by atoms with Crippen molar-refractivity contribution in [2.75, 3.05) is 5.43 Å². The third-order valence-electron chi connectivity index (χ3n) is 1.98.